The maximum Gasteiger partial charge on any atom is 0.321 e. The Morgan fingerprint density at radius 1 is 1.12 bits per heavy atom. The van der Waals surface area contributed by atoms with Crippen LogP contribution in [0.5, 0.6) is 0 Å². The molecule has 0 radical (unpaired) electrons. The van der Waals surface area contributed by atoms with Crippen molar-refractivity contribution in [1.29, 1.82) is 0 Å². The molecule has 0 heterocycles. The molecule has 0 unspecified atom stereocenters. The van der Waals surface area contributed by atoms with E-state index in [0.29, 0.717) is 5.56 Å². The highest BCUT2D eigenvalue weighted by Crippen LogP contribution is 2.32. The second-order valence-electron chi connectivity index (χ2n) is 4.40. The molecule has 0 spiro atoms. The zero-order valence-electron chi connectivity index (χ0n) is 9.88. The van der Waals surface area contributed by atoms with Gasteiger partial charge in [-0.05, 0) is 17.9 Å². The first-order chi connectivity index (χ1) is 7.91. The Hall–Kier alpha value is -1.84. The second-order valence-corrected chi connectivity index (χ2v) is 4.40. The topological polar surface area (TPSA) is 74.6 Å². The zero-order valence-corrected chi connectivity index (χ0v) is 9.88. The van der Waals surface area contributed by atoms with Crippen LogP contribution < -0.4 is 0 Å². The zero-order chi connectivity index (χ0) is 13.1. The van der Waals surface area contributed by atoms with Crippen molar-refractivity contribution < 1.29 is 19.8 Å². The first-order valence-electron chi connectivity index (χ1n) is 5.42. The highest BCUT2D eigenvalue weighted by atomic mass is 16.4. The van der Waals surface area contributed by atoms with E-state index in [1.165, 1.54) is 0 Å². The van der Waals surface area contributed by atoms with Crippen LogP contribution in [0.4, 0.5) is 0 Å². The summed E-state index contributed by atoms with van der Waals surface area (Å²) in [6.07, 6.45) is -0.00380. The van der Waals surface area contributed by atoms with Crippen LogP contribution in [0.25, 0.3) is 0 Å². The van der Waals surface area contributed by atoms with E-state index >= 15 is 0 Å². The molecule has 17 heavy (non-hydrogen) atoms. The van der Waals surface area contributed by atoms with Crippen molar-refractivity contribution in [3.63, 3.8) is 0 Å². The second kappa shape index (κ2) is 4.99. The number of aliphatic carboxylic acids is 2. The first-order valence-corrected chi connectivity index (χ1v) is 5.42. The molecule has 0 saturated carbocycles. The lowest BCUT2D eigenvalue weighted by molar-refractivity contribution is -0.168. The Morgan fingerprint density at radius 3 is 1.94 bits per heavy atom. The van der Waals surface area contributed by atoms with Crippen LogP contribution in [-0.2, 0) is 16.0 Å². The summed E-state index contributed by atoms with van der Waals surface area (Å²) in [5, 5.41) is 18.5. The Bertz CT molecular complexity index is 395. The van der Waals surface area contributed by atoms with E-state index in [-0.39, 0.29) is 6.42 Å². The molecule has 1 aromatic carbocycles. The summed E-state index contributed by atoms with van der Waals surface area (Å²) in [5.74, 6) is -3.06. The molecule has 0 aliphatic heterocycles. The van der Waals surface area contributed by atoms with Gasteiger partial charge in [0.25, 0.3) is 0 Å². The molecule has 1 aromatic rings. The summed E-state index contributed by atoms with van der Waals surface area (Å²) in [5.41, 5.74) is -1.05. The van der Waals surface area contributed by atoms with E-state index in [1.807, 2.05) is 6.07 Å². The molecule has 2 N–H and O–H groups in total. The third-order valence-corrected chi connectivity index (χ3v) is 3.07. The number of carboxylic acids is 2. The van der Waals surface area contributed by atoms with E-state index < -0.39 is 23.3 Å². The van der Waals surface area contributed by atoms with Crippen molar-refractivity contribution in [2.45, 2.75) is 20.3 Å². The number of carboxylic acid groups (broad SMARTS) is 2. The quantitative estimate of drug-likeness (QED) is 0.767. The van der Waals surface area contributed by atoms with E-state index in [2.05, 4.69) is 0 Å². The smallest absolute Gasteiger partial charge is 0.321 e. The highest BCUT2D eigenvalue weighted by molar-refractivity contribution is 5.98. The third kappa shape index (κ3) is 2.46. The van der Waals surface area contributed by atoms with Gasteiger partial charge in [-0.25, -0.2) is 0 Å². The van der Waals surface area contributed by atoms with Crippen LogP contribution in [0.15, 0.2) is 30.3 Å². The fraction of sp³-hybridized carbons (Fsp3) is 0.385. The minimum Gasteiger partial charge on any atom is -0.480 e. The van der Waals surface area contributed by atoms with E-state index in [1.54, 1.807) is 38.1 Å². The SMILES string of the molecule is CC(C)C(Cc1ccccc1)(C(=O)O)C(=O)O. The van der Waals surface area contributed by atoms with Crippen molar-refractivity contribution in [3.05, 3.63) is 35.9 Å². The van der Waals surface area contributed by atoms with Crippen LogP contribution in [0.2, 0.25) is 0 Å². The molecule has 0 aliphatic carbocycles. The van der Waals surface area contributed by atoms with Crippen LogP contribution in [0.3, 0.4) is 0 Å². The fourth-order valence-corrected chi connectivity index (χ4v) is 1.86. The minimum absolute atomic E-state index is 0.00380. The largest absolute Gasteiger partial charge is 0.480 e. The normalized spacial score (nSPS) is 11.5. The maximum absolute atomic E-state index is 11.3. The average molecular weight is 236 g/mol. The summed E-state index contributed by atoms with van der Waals surface area (Å²) >= 11 is 0. The van der Waals surface area contributed by atoms with Gasteiger partial charge < -0.3 is 10.2 Å². The van der Waals surface area contributed by atoms with Gasteiger partial charge in [-0.3, -0.25) is 9.59 Å². The Labute approximate surface area is 99.9 Å². The maximum atomic E-state index is 11.3. The molecular weight excluding hydrogens is 220 g/mol. The standard InChI is InChI=1S/C13H16O4/c1-9(2)13(11(14)15,12(16)17)8-10-6-4-3-5-7-10/h3-7,9H,8H2,1-2H3,(H,14,15)(H,16,17). The number of benzene rings is 1. The number of hydrogen-bond donors (Lipinski definition) is 2. The Kier molecular flexibility index (Phi) is 3.89. The van der Waals surface area contributed by atoms with E-state index in [9.17, 15) is 19.8 Å². The highest BCUT2D eigenvalue weighted by Gasteiger charge is 2.49. The lowest BCUT2D eigenvalue weighted by Crippen LogP contribution is -2.45. The molecule has 1 rings (SSSR count). The predicted octanol–water partition coefficient (Wildman–Crippen LogP) is 2.04. The molecule has 4 heteroatoms. The van der Waals surface area contributed by atoms with Gasteiger partial charge in [0, 0.05) is 0 Å². The lowest BCUT2D eigenvalue weighted by Gasteiger charge is -2.28. The van der Waals surface area contributed by atoms with Gasteiger partial charge in [0.2, 0.25) is 0 Å². The van der Waals surface area contributed by atoms with Gasteiger partial charge in [-0.15, -0.1) is 0 Å². The van der Waals surface area contributed by atoms with Gasteiger partial charge in [0.05, 0.1) is 0 Å². The van der Waals surface area contributed by atoms with Crippen molar-refractivity contribution in [1.82, 2.24) is 0 Å². The van der Waals surface area contributed by atoms with Crippen LogP contribution >= 0.6 is 0 Å². The third-order valence-electron chi connectivity index (χ3n) is 3.07. The van der Waals surface area contributed by atoms with E-state index in [0.717, 1.165) is 0 Å². The summed E-state index contributed by atoms with van der Waals surface area (Å²) in [4.78, 5) is 22.7. The van der Waals surface area contributed by atoms with Gasteiger partial charge in [0.15, 0.2) is 5.41 Å². The number of carbonyl (C=O) groups is 2. The van der Waals surface area contributed by atoms with Gasteiger partial charge in [0.1, 0.15) is 0 Å². The monoisotopic (exact) mass is 236 g/mol. The predicted molar refractivity (Wildman–Crippen MR) is 62.7 cm³/mol. The summed E-state index contributed by atoms with van der Waals surface area (Å²) in [6.45, 7) is 3.23. The van der Waals surface area contributed by atoms with E-state index in [4.69, 9.17) is 0 Å². The minimum atomic E-state index is -1.76. The summed E-state index contributed by atoms with van der Waals surface area (Å²) in [6, 6.07) is 8.82. The van der Waals surface area contributed by atoms with Crippen molar-refractivity contribution in [2.24, 2.45) is 11.3 Å². The summed E-state index contributed by atoms with van der Waals surface area (Å²) in [7, 11) is 0. The summed E-state index contributed by atoms with van der Waals surface area (Å²) < 4.78 is 0. The fourth-order valence-electron chi connectivity index (χ4n) is 1.86. The molecule has 0 aromatic heterocycles. The number of hydrogen-bond acceptors (Lipinski definition) is 2. The van der Waals surface area contributed by atoms with Gasteiger partial charge in [-0.1, -0.05) is 44.2 Å². The number of rotatable bonds is 5. The van der Waals surface area contributed by atoms with Crippen LogP contribution in [0.1, 0.15) is 19.4 Å². The average Bonchev–Trinajstić information content (AvgIpc) is 2.25. The molecule has 0 atom stereocenters. The van der Waals surface area contributed by atoms with Crippen molar-refractivity contribution in [3.8, 4) is 0 Å². The van der Waals surface area contributed by atoms with Crippen LogP contribution in [-0.4, -0.2) is 22.2 Å². The van der Waals surface area contributed by atoms with Crippen molar-refractivity contribution >= 4 is 11.9 Å². The van der Waals surface area contributed by atoms with Crippen molar-refractivity contribution in [2.75, 3.05) is 0 Å². The molecule has 0 bridgehead atoms. The lowest BCUT2D eigenvalue weighted by atomic mass is 9.72. The molecule has 4 nitrogen and oxygen atoms in total. The molecular formula is C13H16O4. The Balaban J connectivity index is 3.16. The first kappa shape index (κ1) is 13.2. The molecule has 0 amide bonds. The molecule has 0 aliphatic rings. The van der Waals surface area contributed by atoms with Gasteiger partial charge >= 0.3 is 11.9 Å². The molecule has 0 saturated heterocycles. The van der Waals surface area contributed by atoms with Gasteiger partial charge in [-0.2, -0.15) is 0 Å². The molecule has 0 fully saturated rings. The Morgan fingerprint density at radius 2 is 1.59 bits per heavy atom. The molecule has 92 valence electrons. The van der Waals surface area contributed by atoms with Crippen LogP contribution in [0, 0.1) is 11.3 Å².